The monoisotopic (exact) mass is 379 g/mol. The summed E-state index contributed by atoms with van der Waals surface area (Å²) in [5.74, 6) is 0.426. The third kappa shape index (κ3) is 6.41. The van der Waals surface area contributed by atoms with E-state index in [0.29, 0.717) is 43.7 Å². The second-order valence-corrected chi connectivity index (χ2v) is 6.59. The van der Waals surface area contributed by atoms with Crippen molar-refractivity contribution in [1.82, 2.24) is 10.6 Å². The molecule has 1 aromatic rings. The van der Waals surface area contributed by atoms with Crippen LogP contribution in [0.5, 0.6) is 5.75 Å². The molecule has 0 heterocycles. The Bertz CT molecular complexity index is 625. The van der Waals surface area contributed by atoms with Gasteiger partial charge in [-0.2, -0.15) is 0 Å². The first-order valence-corrected chi connectivity index (χ1v) is 9.20. The van der Waals surface area contributed by atoms with Crippen molar-refractivity contribution in [3.63, 3.8) is 0 Å². The average molecular weight is 379 g/mol. The van der Waals surface area contributed by atoms with Gasteiger partial charge in [0.15, 0.2) is 0 Å². The fourth-order valence-electron chi connectivity index (χ4n) is 3.29. The maximum atomic E-state index is 12.4. The van der Waals surface area contributed by atoms with Crippen molar-refractivity contribution in [3.8, 4) is 5.75 Å². The first-order chi connectivity index (χ1) is 13.1. The number of benzene rings is 1. The van der Waals surface area contributed by atoms with Crippen LogP contribution in [-0.2, 0) is 9.53 Å². The molecule has 3 atom stereocenters. The summed E-state index contributed by atoms with van der Waals surface area (Å²) < 4.78 is 10.6. The summed E-state index contributed by atoms with van der Waals surface area (Å²) in [5, 5.41) is 17.4. The third-order valence-corrected chi connectivity index (χ3v) is 4.74. The molecule has 2 rings (SSSR count). The highest BCUT2D eigenvalue weighted by molar-refractivity contribution is 5.89. The van der Waals surface area contributed by atoms with Gasteiger partial charge in [-0.3, -0.25) is 4.79 Å². The van der Waals surface area contributed by atoms with Gasteiger partial charge < -0.3 is 30.5 Å². The molecule has 1 saturated carbocycles. The van der Waals surface area contributed by atoms with Gasteiger partial charge in [-0.25, -0.2) is 4.79 Å². The molecular weight excluding hydrogens is 350 g/mol. The van der Waals surface area contributed by atoms with Crippen LogP contribution in [0.3, 0.4) is 0 Å². The maximum Gasteiger partial charge on any atom is 0.319 e. The lowest BCUT2D eigenvalue weighted by Gasteiger charge is -2.35. The van der Waals surface area contributed by atoms with Crippen molar-refractivity contribution in [2.45, 2.75) is 37.8 Å². The molecule has 4 N–H and O–H groups in total. The minimum absolute atomic E-state index is 0.0435. The van der Waals surface area contributed by atoms with E-state index >= 15 is 0 Å². The van der Waals surface area contributed by atoms with Crippen molar-refractivity contribution < 1.29 is 24.2 Å². The molecular formula is C19H29N3O5. The van der Waals surface area contributed by atoms with Gasteiger partial charge in [-0.1, -0.05) is 6.07 Å². The van der Waals surface area contributed by atoms with Crippen molar-refractivity contribution in [3.05, 3.63) is 24.3 Å². The van der Waals surface area contributed by atoms with Gasteiger partial charge >= 0.3 is 6.03 Å². The van der Waals surface area contributed by atoms with Crippen LogP contribution in [0.4, 0.5) is 10.5 Å². The molecule has 0 spiro atoms. The van der Waals surface area contributed by atoms with E-state index < -0.39 is 0 Å². The maximum absolute atomic E-state index is 12.4. The van der Waals surface area contributed by atoms with Crippen LogP contribution >= 0.6 is 0 Å². The number of methoxy groups -OCH3 is 2. The zero-order valence-corrected chi connectivity index (χ0v) is 15.9. The predicted octanol–water partition coefficient (Wildman–Crippen LogP) is 1.50. The van der Waals surface area contributed by atoms with E-state index in [-0.39, 0.29) is 36.6 Å². The summed E-state index contributed by atoms with van der Waals surface area (Å²) in [6, 6.07) is 6.48. The van der Waals surface area contributed by atoms with Crippen LogP contribution < -0.4 is 20.7 Å². The number of ether oxygens (including phenoxy) is 2. The molecule has 0 saturated heterocycles. The Morgan fingerprint density at radius 3 is 2.78 bits per heavy atom. The number of rotatable bonds is 8. The minimum Gasteiger partial charge on any atom is -0.497 e. The Hall–Kier alpha value is -2.32. The molecule has 150 valence electrons. The van der Waals surface area contributed by atoms with Gasteiger partial charge in [0.2, 0.25) is 5.91 Å². The van der Waals surface area contributed by atoms with Crippen molar-refractivity contribution in [2.75, 3.05) is 32.7 Å². The van der Waals surface area contributed by atoms with Gasteiger partial charge in [-0.05, 0) is 37.8 Å². The highest BCUT2D eigenvalue weighted by atomic mass is 16.5. The number of aliphatic hydroxyl groups is 1. The summed E-state index contributed by atoms with van der Waals surface area (Å²) in [7, 11) is 3.18. The minimum atomic E-state index is -0.350. The molecule has 1 fully saturated rings. The Morgan fingerprint density at radius 2 is 2.07 bits per heavy atom. The number of nitrogens with one attached hydrogen (secondary N) is 3. The first kappa shape index (κ1) is 21.0. The van der Waals surface area contributed by atoms with Gasteiger partial charge in [0.05, 0.1) is 19.3 Å². The topological polar surface area (TPSA) is 109 Å². The van der Waals surface area contributed by atoms with E-state index in [4.69, 9.17) is 14.6 Å². The zero-order chi connectivity index (χ0) is 19.6. The highest BCUT2D eigenvalue weighted by Gasteiger charge is 2.34. The zero-order valence-electron chi connectivity index (χ0n) is 15.9. The Kier molecular flexibility index (Phi) is 8.35. The van der Waals surface area contributed by atoms with Crippen molar-refractivity contribution in [1.29, 1.82) is 0 Å². The number of carbonyl (C=O) groups excluding carboxylic acids is 2. The van der Waals surface area contributed by atoms with Gasteiger partial charge in [0.1, 0.15) is 5.75 Å². The quantitative estimate of drug-likeness (QED) is 0.512. The van der Waals surface area contributed by atoms with E-state index in [2.05, 4.69) is 16.0 Å². The number of urea groups is 1. The Morgan fingerprint density at radius 1 is 1.26 bits per heavy atom. The summed E-state index contributed by atoms with van der Waals surface area (Å²) >= 11 is 0. The molecule has 0 aliphatic heterocycles. The first-order valence-electron chi connectivity index (χ1n) is 9.20. The molecule has 27 heavy (non-hydrogen) atoms. The van der Waals surface area contributed by atoms with Gasteiger partial charge in [-0.15, -0.1) is 0 Å². The van der Waals surface area contributed by atoms with Crippen LogP contribution in [0.2, 0.25) is 0 Å². The normalized spacial score (nSPS) is 22.0. The summed E-state index contributed by atoms with van der Waals surface area (Å²) in [6.45, 7) is 0.499. The molecule has 8 heteroatoms. The lowest BCUT2D eigenvalue weighted by atomic mass is 9.83. The molecule has 1 aliphatic carbocycles. The smallest absolute Gasteiger partial charge is 0.319 e. The van der Waals surface area contributed by atoms with Crippen LogP contribution in [0.25, 0.3) is 0 Å². The third-order valence-electron chi connectivity index (χ3n) is 4.74. The summed E-state index contributed by atoms with van der Waals surface area (Å²) in [4.78, 5) is 24.7. The fraction of sp³-hybridized carbons (Fsp3) is 0.579. The number of hydrogen-bond donors (Lipinski definition) is 4. The number of carbonyl (C=O) groups is 2. The molecule has 8 nitrogen and oxygen atoms in total. The van der Waals surface area contributed by atoms with Crippen LogP contribution in [-0.4, -0.2) is 56.6 Å². The molecule has 0 aromatic heterocycles. The van der Waals surface area contributed by atoms with E-state index in [9.17, 15) is 9.59 Å². The summed E-state index contributed by atoms with van der Waals surface area (Å²) in [5.41, 5.74) is 0.620. The second kappa shape index (κ2) is 10.7. The van der Waals surface area contributed by atoms with E-state index in [1.54, 1.807) is 38.5 Å². The predicted molar refractivity (Wildman–Crippen MR) is 102 cm³/mol. The van der Waals surface area contributed by atoms with Crippen molar-refractivity contribution in [2.24, 2.45) is 5.92 Å². The molecule has 0 unspecified atom stereocenters. The fourth-order valence-corrected chi connectivity index (χ4v) is 3.29. The SMILES string of the molecule is COc1cccc(NC(=O)N[C@@H]2C[C@@H](C(=O)NCCCO)CC[C@H]2OC)c1. The number of hydrogen-bond acceptors (Lipinski definition) is 5. The molecule has 1 aliphatic rings. The highest BCUT2D eigenvalue weighted by Crippen LogP contribution is 2.27. The van der Waals surface area contributed by atoms with E-state index in [0.717, 1.165) is 0 Å². The Balaban J connectivity index is 1.92. The molecule has 0 bridgehead atoms. The largest absolute Gasteiger partial charge is 0.497 e. The number of amides is 3. The molecule has 1 aromatic carbocycles. The lowest BCUT2D eigenvalue weighted by Crippen LogP contribution is -2.51. The molecule has 0 radical (unpaired) electrons. The Labute approximate surface area is 159 Å². The standard InChI is InChI=1S/C19H29N3O5/c1-26-15-6-3-5-14(12-15)21-19(25)22-16-11-13(7-8-17(16)27-2)18(24)20-9-4-10-23/h3,5-6,12-13,16-17,23H,4,7-11H2,1-2H3,(H,20,24)(H2,21,22,25)/t13-,16+,17+/m0/s1. The van der Waals surface area contributed by atoms with Crippen LogP contribution in [0.15, 0.2) is 24.3 Å². The lowest BCUT2D eigenvalue weighted by molar-refractivity contribution is -0.127. The van der Waals surface area contributed by atoms with Crippen molar-refractivity contribution >= 4 is 17.6 Å². The molecule has 3 amide bonds. The van der Waals surface area contributed by atoms with Crippen LogP contribution in [0, 0.1) is 5.92 Å². The van der Waals surface area contributed by atoms with E-state index in [1.807, 2.05) is 0 Å². The van der Waals surface area contributed by atoms with Crippen LogP contribution in [0.1, 0.15) is 25.7 Å². The van der Waals surface area contributed by atoms with Gasteiger partial charge in [0, 0.05) is 37.9 Å². The van der Waals surface area contributed by atoms with Gasteiger partial charge in [0.25, 0.3) is 0 Å². The number of anilines is 1. The second-order valence-electron chi connectivity index (χ2n) is 6.59. The van der Waals surface area contributed by atoms with E-state index in [1.165, 1.54) is 0 Å². The summed E-state index contributed by atoms with van der Waals surface area (Å²) in [6.07, 6.45) is 2.30. The number of aliphatic hydroxyl groups excluding tert-OH is 1. The average Bonchev–Trinajstić information content (AvgIpc) is 2.68.